The van der Waals surface area contributed by atoms with Gasteiger partial charge in [0, 0.05) is 30.1 Å². The number of rotatable bonds is 5. The van der Waals surface area contributed by atoms with Gasteiger partial charge in [-0.05, 0) is 43.7 Å². The number of thioether (sulfide) groups is 1. The third-order valence-electron chi connectivity index (χ3n) is 5.51. The molecule has 1 N–H and O–H groups in total. The van der Waals surface area contributed by atoms with E-state index >= 15 is 0 Å². The Morgan fingerprint density at radius 1 is 1.06 bits per heavy atom. The number of ether oxygens (including phenoxy) is 1. The monoisotopic (exact) mass is 453 g/mol. The van der Waals surface area contributed by atoms with Crippen LogP contribution in [0, 0.1) is 0 Å². The fourth-order valence-electron chi connectivity index (χ4n) is 4.02. The predicted molar refractivity (Wildman–Crippen MR) is 124 cm³/mol. The molecule has 4 rings (SSSR count). The number of carbonyl (C=O) groups is 3. The topological polar surface area (TPSA) is 79.0 Å². The first-order chi connectivity index (χ1) is 15.4. The van der Waals surface area contributed by atoms with Gasteiger partial charge in [-0.3, -0.25) is 14.4 Å². The van der Waals surface area contributed by atoms with Gasteiger partial charge >= 0.3 is 0 Å². The van der Waals surface area contributed by atoms with Crippen molar-refractivity contribution < 1.29 is 19.1 Å². The second kappa shape index (κ2) is 9.75. The Morgan fingerprint density at radius 3 is 2.47 bits per heavy atom. The van der Waals surface area contributed by atoms with Crippen LogP contribution in [0.1, 0.15) is 29.8 Å². The molecule has 2 aliphatic heterocycles. The van der Waals surface area contributed by atoms with Gasteiger partial charge in [0.1, 0.15) is 6.54 Å². The number of carbonyl (C=O) groups excluding carboxylic acids is 3. The van der Waals surface area contributed by atoms with E-state index in [9.17, 15) is 14.4 Å². The number of para-hydroxylation sites is 1. The summed E-state index contributed by atoms with van der Waals surface area (Å²) in [7, 11) is 0. The summed E-state index contributed by atoms with van der Waals surface area (Å²) in [5, 5.41) is 2.87. The number of benzene rings is 2. The van der Waals surface area contributed by atoms with E-state index in [2.05, 4.69) is 5.32 Å². The molecule has 2 atom stereocenters. The van der Waals surface area contributed by atoms with Gasteiger partial charge in [0.25, 0.3) is 5.91 Å². The van der Waals surface area contributed by atoms with Crippen molar-refractivity contribution in [2.24, 2.45) is 0 Å². The normalized spacial score (nSPS) is 20.6. The van der Waals surface area contributed by atoms with E-state index in [1.54, 1.807) is 12.1 Å². The summed E-state index contributed by atoms with van der Waals surface area (Å²) < 4.78 is 5.70. The Hall–Kier alpha value is -2.84. The van der Waals surface area contributed by atoms with E-state index in [4.69, 9.17) is 4.74 Å². The zero-order valence-corrected chi connectivity index (χ0v) is 19.1. The van der Waals surface area contributed by atoms with Gasteiger partial charge in [0.15, 0.2) is 0 Å². The maximum atomic E-state index is 12.8. The number of nitrogens with one attached hydrogen (secondary N) is 1. The molecule has 0 spiro atoms. The summed E-state index contributed by atoms with van der Waals surface area (Å²) in [5.41, 5.74) is 2.28. The summed E-state index contributed by atoms with van der Waals surface area (Å²) in [6, 6.07) is 14.9. The number of nitrogens with zero attached hydrogens (tertiary/aromatic N) is 2. The molecule has 0 aromatic heterocycles. The van der Waals surface area contributed by atoms with Gasteiger partial charge in [-0.2, -0.15) is 0 Å². The minimum Gasteiger partial charge on any atom is -0.372 e. The van der Waals surface area contributed by atoms with E-state index in [1.165, 1.54) is 16.7 Å². The molecule has 0 bridgehead atoms. The van der Waals surface area contributed by atoms with Gasteiger partial charge < -0.3 is 19.9 Å². The zero-order chi connectivity index (χ0) is 22.7. The fourth-order valence-corrected chi connectivity index (χ4v) is 4.95. The highest BCUT2D eigenvalue weighted by Gasteiger charge is 2.27. The van der Waals surface area contributed by atoms with Crippen LogP contribution >= 0.6 is 11.8 Å². The SMILES string of the molecule is CC1CN(C(=O)c2ccc(CNC(=O)CN3C(=O)CSc4ccccc43)cc2)CC(C)O1. The van der Waals surface area contributed by atoms with Crippen LogP contribution < -0.4 is 10.2 Å². The van der Waals surface area contributed by atoms with Gasteiger partial charge in [0.05, 0.1) is 23.6 Å². The lowest BCUT2D eigenvalue weighted by atomic mass is 10.1. The van der Waals surface area contributed by atoms with Crippen LogP contribution in [0.3, 0.4) is 0 Å². The van der Waals surface area contributed by atoms with Crippen LogP contribution in [-0.2, 0) is 20.9 Å². The predicted octanol–water partition coefficient (Wildman–Crippen LogP) is 2.69. The minimum absolute atomic E-state index is 0.0114. The Kier molecular flexibility index (Phi) is 6.81. The van der Waals surface area contributed by atoms with E-state index < -0.39 is 0 Å². The minimum atomic E-state index is -0.225. The van der Waals surface area contributed by atoms with Crippen LogP contribution in [0.4, 0.5) is 5.69 Å². The molecule has 8 heteroatoms. The molecule has 2 heterocycles. The molecule has 32 heavy (non-hydrogen) atoms. The number of amides is 3. The van der Waals surface area contributed by atoms with Crippen molar-refractivity contribution in [2.45, 2.75) is 37.5 Å². The van der Waals surface area contributed by atoms with Crippen LogP contribution in [0.15, 0.2) is 53.4 Å². The van der Waals surface area contributed by atoms with Crippen molar-refractivity contribution >= 4 is 35.2 Å². The molecule has 3 amide bonds. The first-order valence-corrected chi connectivity index (χ1v) is 11.7. The molecule has 0 radical (unpaired) electrons. The second-order valence-corrected chi connectivity index (χ2v) is 9.19. The molecular formula is C24H27N3O4S. The molecular weight excluding hydrogens is 426 g/mol. The Morgan fingerprint density at radius 2 is 1.75 bits per heavy atom. The lowest BCUT2D eigenvalue weighted by Gasteiger charge is -2.35. The Bertz CT molecular complexity index is 1000. The summed E-state index contributed by atoms with van der Waals surface area (Å²) in [4.78, 5) is 42.0. The molecule has 2 aromatic carbocycles. The van der Waals surface area contributed by atoms with Crippen LogP contribution in [0.5, 0.6) is 0 Å². The van der Waals surface area contributed by atoms with Gasteiger partial charge in [-0.1, -0.05) is 24.3 Å². The van der Waals surface area contributed by atoms with Crippen LogP contribution in [0.25, 0.3) is 0 Å². The van der Waals surface area contributed by atoms with Crippen LogP contribution in [-0.4, -0.2) is 60.2 Å². The molecule has 0 aliphatic carbocycles. The summed E-state index contributed by atoms with van der Waals surface area (Å²) in [6.45, 7) is 5.42. The second-order valence-electron chi connectivity index (χ2n) is 8.18. The summed E-state index contributed by atoms with van der Waals surface area (Å²) >= 11 is 1.49. The lowest BCUT2D eigenvalue weighted by Crippen LogP contribution is -2.48. The molecule has 7 nitrogen and oxygen atoms in total. The Labute approximate surface area is 192 Å². The van der Waals surface area contributed by atoms with E-state index in [0.717, 1.165) is 16.1 Å². The third kappa shape index (κ3) is 5.14. The van der Waals surface area contributed by atoms with Crippen molar-refractivity contribution in [3.8, 4) is 0 Å². The van der Waals surface area contributed by atoms with Crippen molar-refractivity contribution in [3.63, 3.8) is 0 Å². The van der Waals surface area contributed by atoms with Gasteiger partial charge in [-0.15, -0.1) is 11.8 Å². The van der Waals surface area contributed by atoms with Gasteiger partial charge in [0.2, 0.25) is 11.8 Å². The van der Waals surface area contributed by atoms with Gasteiger partial charge in [-0.25, -0.2) is 0 Å². The standard InChI is InChI=1S/C24H27N3O4S/c1-16-12-26(13-17(2)31-16)24(30)19-9-7-18(8-10-19)11-25-22(28)14-27-20-5-3-4-6-21(20)32-15-23(27)29/h3-10,16-17H,11-15H2,1-2H3,(H,25,28). The zero-order valence-electron chi connectivity index (χ0n) is 18.2. The average Bonchev–Trinajstić information content (AvgIpc) is 2.79. The number of hydrogen-bond donors (Lipinski definition) is 1. The lowest BCUT2D eigenvalue weighted by molar-refractivity contribution is -0.123. The molecule has 2 unspecified atom stereocenters. The number of morpholine rings is 1. The highest BCUT2D eigenvalue weighted by molar-refractivity contribution is 8.00. The molecule has 0 saturated carbocycles. The van der Waals surface area contributed by atoms with E-state index in [-0.39, 0.29) is 36.5 Å². The van der Waals surface area contributed by atoms with Crippen molar-refractivity contribution in [3.05, 3.63) is 59.7 Å². The van der Waals surface area contributed by atoms with Crippen molar-refractivity contribution in [1.82, 2.24) is 10.2 Å². The summed E-state index contributed by atoms with van der Waals surface area (Å²) in [5.74, 6) is 0.0261. The largest absolute Gasteiger partial charge is 0.372 e. The maximum Gasteiger partial charge on any atom is 0.254 e. The smallest absolute Gasteiger partial charge is 0.254 e. The number of fused-ring (bicyclic) bond motifs is 1. The highest BCUT2D eigenvalue weighted by Crippen LogP contribution is 2.34. The van der Waals surface area contributed by atoms with Crippen LogP contribution in [0.2, 0.25) is 0 Å². The molecule has 1 fully saturated rings. The molecule has 2 aliphatic rings. The quantitative estimate of drug-likeness (QED) is 0.753. The third-order valence-corrected chi connectivity index (χ3v) is 6.55. The molecule has 168 valence electrons. The first kappa shape index (κ1) is 22.4. The number of hydrogen-bond acceptors (Lipinski definition) is 5. The first-order valence-electron chi connectivity index (χ1n) is 10.7. The van der Waals surface area contributed by atoms with E-state index in [1.807, 2.05) is 55.1 Å². The average molecular weight is 454 g/mol. The molecule has 1 saturated heterocycles. The van der Waals surface area contributed by atoms with E-state index in [0.29, 0.717) is 31.0 Å². The maximum absolute atomic E-state index is 12.8. The molecule has 2 aromatic rings. The fraction of sp³-hybridized carbons (Fsp3) is 0.375. The summed E-state index contributed by atoms with van der Waals surface area (Å²) in [6.07, 6.45) is 0.0454. The van der Waals surface area contributed by atoms with Crippen molar-refractivity contribution in [1.29, 1.82) is 0 Å². The Balaban J connectivity index is 1.32. The van der Waals surface area contributed by atoms with Crippen molar-refractivity contribution in [2.75, 3.05) is 30.3 Å². The number of anilines is 1. The highest BCUT2D eigenvalue weighted by atomic mass is 32.2.